The topological polar surface area (TPSA) is 70.7 Å². The standard InChI is InChI=1S/C18H16N4O/c1-13-3-2-4-16(9-13)22-18(23)6-5-14-10-19-8-7-17(14)15-11-20-21-12-15/h2-12H,1H3,(H,20,21)(H,22,23)/b6-5+. The van der Waals surface area contributed by atoms with E-state index in [0.29, 0.717) is 0 Å². The van der Waals surface area contributed by atoms with Crippen molar-refractivity contribution in [3.05, 3.63) is 72.3 Å². The average Bonchev–Trinajstić information content (AvgIpc) is 3.07. The number of carbonyl (C=O) groups excluding carboxylic acids is 1. The predicted octanol–water partition coefficient (Wildman–Crippen LogP) is 3.43. The molecule has 0 saturated heterocycles. The zero-order valence-electron chi connectivity index (χ0n) is 12.7. The number of aryl methyl sites for hydroxylation is 1. The lowest BCUT2D eigenvalue weighted by atomic mass is 10.0. The molecule has 5 nitrogen and oxygen atoms in total. The molecule has 0 aliphatic rings. The van der Waals surface area contributed by atoms with Crippen molar-refractivity contribution in [2.75, 3.05) is 5.32 Å². The molecule has 2 heterocycles. The molecule has 0 saturated carbocycles. The average molecular weight is 304 g/mol. The lowest BCUT2D eigenvalue weighted by molar-refractivity contribution is -0.111. The van der Waals surface area contributed by atoms with E-state index in [4.69, 9.17) is 0 Å². The van der Waals surface area contributed by atoms with Gasteiger partial charge in [-0.05, 0) is 42.3 Å². The third kappa shape index (κ3) is 3.71. The summed E-state index contributed by atoms with van der Waals surface area (Å²) in [5.41, 5.74) is 4.65. The first-order valence-corrected chi connectivity index (χ1v) is 7.21. The van der Waals surface area contributed by atoms with Crippen LogP contribution in [0, 0.1) is 6.92 Å². The van der Waals surface area contributed by atoms with Crippen molar-refractivity contribution in [1.82, 2.24) is 15.2 Å². The number of aromatic amines is 1. The highest BCUT2D eigenvalue weighted by atomic mass is 16.1. The smallest absolute Gasteiger partial charge is 0.248 e. The van der Waals surface area contributed by atoms with Gasteiger partial charge in [-0.25, -0.2) is 0 Å². The minimum atomic E-state index is -0.183. The van der Waals surface area contributed by atoms with E-state index >= 15 is 0 Å². The number of rotatable bonds is 4. The number of H-pyrrole nitrogens is 1. The van der Waals surface area contributed by atoms with Crippen LogP contribution in [0.5, 0.6) is 0 Å². The van der Waals surface area contributed by atoms with E-state index in [1.54, 1.807) is 30.9 Å². The van der Waals surface area contributed by atoms with Gasteiger partial charge in [0.15, 0.2) is 0 Å². The summed E-state index contributed by atoms with van der Waals surface area (Å²) in [4.78, 5) is 16.2. The molecule has 0 fully saturated rings. The van der Waals surface area contributed by atoms with Gasteiger partial charge in [-0.2, -0.15) is 5.10 Å². The number of hydrogen-bond acceptors (Lipinski definition) is 3. The molecule has 23 heavy (non-hydrogen) atoms. The molecule has 0 unspecified atom stereocenters. The van der Waals surface area contributed by atoms with E-state index in [2.05, 4.69) is 20.5 Å². The van der Waals surface area contributed by atoms with Crippen LogP contribution in [0.15, 0.2) is 61.2 Å². The van der Waals surface area contributed by atoms with E-state index in [1.807, 2.05) is 37.3 Å². The molecule has 1 aromatic carbocycles. The summed E-state index contributed by atoms with van der Waals surface area (Å²) in [7, 11) is 0. The summed E-state index contributed by atoms with van der Waals surface area (Å²) < 4.78 is 0. The van der Waals surface area contributed by atoms with Gasteiger partial charge in [0.05, 0.1) is 6.20 Å². The van der Waals surface area contributed by atoms with E-state index in [0.717, 1.165) is 27.9 Å². The van der Waals surface area contributed by atoms with Crippen LogP contribution in [0.2, 0.25) is 0 Å². The van der Waals surface area contributed by atoms with Crippen molar-refractivity contribution in [2.24, 2.45) is 0 Å². The van der Waals surface area contributed by atoms with Gasteiger partial charge in [-0.3, -0.25) is 14.9 Å². The van der Waals surface area contributed by atoms with Gasteiger partial charge in [0.2, 0.25) is 5.91 Å². The van der Waals surface area contributed by atoms with E-state index < -0.39 is 0 Å². The van der Waals surface area contributed by atoms with Crippen LogP contribution in [0.4, 0.5) is 5.69 Å². The summed E-state index contributed by atoms with van der Waals surface area (Å²) in [6, 6.07) is 9.57. The summed E-state index contributed by atoms with van der Waals surface area (Å²) in [6.07, 6.45) is 10.2. The van der Waals surface area contributed by atoms with Crippen LogP contribution < -0.4 is 5.32 Å². The summed E-state index contributed by atoms with van der Waals surface area (Å²) in [5.74, 6) is -0.183. The Morgan fingerprint density at radius 1 is 1.26 bits per heavy atom. The van der Waals surface area contributed by atoms with Gasteiger partial charge in [0.1, 0.15) is 0 Å². The fourth-order valence-corrected chi connectivity index (χ4v) is 2.27. The van der Waals surface area contributed by atoms with Crippen LogP contribution in [0.1, 0.15) is 11.1 Å². The SMILES string of the molecule is Cc1cccc(NC(=O)/C=C/c2cnccc2-c2cn[nH]c2)c1. The Hall–Kier alpha value is -3.21. The Balaban J connectivity index is 1.77. The van der Waals surface area contributed by atoms with Crippen LogP contribution in [-0.4, -0.2) is 21.1 Å². The van der Waals surface area contributed by atoms with Crippen molar-refractivity contribution in [3.8, 4) is 11.1 Å². The van der Waals surface area contributed by atoms with Crippen molar-refractivity contribution in [1.29, 1.82) is 0 Å². The lowest BCUT2D eigenvalue weighted by Crippen LogP contribution is -2.07. The molecule has 2 N–H and O–H groups in total. The highest BCUT2D eigenvalue weighted by Gasteiger charge is 2.04. The number of nitrogens with one attached hydrogen (secondary N) is 2. The highest BCUT2D eigenvalue weighted by molar-refractivity contribution is 6.02. The van der Waals surface area contributed by atoms with Gasteiger partial charge in [-0.1, -0.05) is 12.1 Å². The molecule has 0 bridgehead atoms. The number of amides is 1. The van der Waals surface area contributed by atoms with Crippen molar-refractivity contribution in [2.45, 2.75) is 6.92 Å². The summed E-state index contributed by atoms with van der Waals surface area (Å²) >= 11 is 0. The molecule has 1 amide bonds. The largest absolute Gasteiger partial charge is 0.323 e. The zero-order valence-corrected chi connectivity index (χ0v) is 12.7. The maximum atomic E-state index is 12.1. The number of hydrogen-bond donors (Lipinski definition) is 2. The molecular weight excluding hydrogens is 288 g/mol. The molecule has 3 aromatic rings. The first kappa shape index (κ1) is 14.7. The minimum absolute atomic E-state index is 0.183. The Morgan fingerprint density at radius 3 is 2.96 bits per heavy atom. The first-order valence-electron chi connectivity index (χ1n) is 7.21. The van der Waals surface area contributed by atoms with Crippen molar-refractivity contribution in [3.63, 3.8) is 0 Å². The van der Waals surface area contributed by atoms with Gasteiger partial charge < -0.3 is 5.32 Å². The van der Waals surface area contributed by atoms with E-state index in [1.165, 1.54) is 6.08 Å². The fourth-order valence-electron chi connectivity index (χ4n) is 2.27. The highest BCUT2D eigenvalue weighted by Crippen LogP contribution is 2.22. The molecule has 0 spiro atoms. The van der Waals surface area contributed by atoms with E-state index in [9.17, 15) is 4.79 Å². The first-order chi connectivity index (χ1) is 11.2. The summed E-state index contributed by atoms with van der Waals surface area (Å²) in [5, 5.41) is 9.58. The van der Waals surface area contributed by atoms with Gasteiger partial charge in [0.25, 0.3) is 0 Å². The Kier molecular flexibility index (Phi) is 4.29. The summed E-state index contributed by atoms with van der Waals surface area (Å²) in [6.45, 7) is 1.98. The lowest BCUT2D eigenvalue weighted by Gasteiger charge is -2.04. The predicted molar refractivity (Wildman–Crippen MR) is 90.7 cm³/mol. The van der Waals surface area contributed by atoms with Gasteiger partial charge in [0, 0.05) is 41.5 Å². The van der Waals surface area contributed by atoms with Crippen molar-refractivity contribution >= 4 is 17.7 Å². The second-order valence-electron chi connectivity index (χ2n) is 5.14. The second kappa shape index (κ2) is 6.70. The monoisotopic (exact) mass is 304 g/mol. The molecule has 5 heteroatoms. The maximum Gasteiger partial charge on any atom is 0.248 e. The molecule has 2 aromatic heterocycles. The molecular formula is C18H16N4O. The molecule has 0 aliphatic heterocycles. The van der Waals surface area contributed by atoms with E-state index in [-0.39, 0.29) is 5.91 Å². The number of anilines is 1. The normalized spacial score (nSPS) is 10.8. The number of benzene rings is 1. The quantitative estimate of drug-likeness (QED) is 0.725. The van der Waals surface area contributed by atoms with Crippen molar-refractivity contribution < 1.29 is 4.79 Å². The Labute approximate surface area is 134 Å². The minimum Gasteiger partial charge on any atom is -0.323 e. The maximum absolute atomic E-state index is 12.1. The number of nitrogens with zero attached hydrogens (tertiary/aromatic N) is 2. The van der Waals surface area contributed by atoms with Crippen LogP contribution in [-0.2, 0) is 4.79 Å². The number of pyridine rings is 1. The molecule has 0 atom stereocenters. The zero-order chi connectivity index (χ0) is 16.1. The van der Waals surface area contributed by atoms with Gasteiger partial charge >= 0.3 is 0 Å². The number of aromatic nitrogens is 3. The van der Waals surface area contributed by atoms with Crippen LogP contribution >= 0.6 is 0 Å². The second-order valence-corrected chi connectivity index (χ2v) is 5.14. The third-order valence-corrected chi connectivity index (χ3v) is 3.36. The van der Waals surface area contributed by atoms with Crippen LogP contribution in [0.3, 0.4) is 0 Å². The number of carbonyl (C=O) groups is 1. The molecule has 114 valence electrons. The molecule has 3 rings (SSSR count). The van der Waals surface area contributed by atoms with Crippen LogP contribution in [0.25, 0.3) is 17.2 Å². The Morgan fingerprint density at radius 2 is 2.17 bits per heavy atom. The Bertz CT molecular complexity index is 838. The third-order valence-electron chi connectivity index (χ3n) is 3.36. The van der Waals surface area contributed by atoms with Gasteiger partial charge in [-0.15, -0.1) is 0 Å². The molecule has 0 aliphatic carbocycles. The fraction of sp³-hybridized carbons (Fsp3) is 0.0556. The molecule has 0 radical (unpaired) electrons.